The molecule has 0 saturated carbocycles. The number of carbonyl (C=O) groups excluding carboxylic acids is 1. The van der Waals surface area contributed by atoms with Gasteiger partial charge >= 0.3 is 0 Å². The van der Waals surface area contributed by atoms with Crippen LogP contribution in [0.3, 0.4) is 0 Å². The molecule has 3 N–H and O–H groups in total. The molecule has 0 bridgehead atoms. The number of nitrogens with two attached hydrogens (primary N) is 1. The maximum Gasteiger partial charge on any atom is 0.239 e. The Bertz CT molecular complexity index is 428. The number of amides is 1. The summed E-state index contributed by atoms with van der Waals surface area (Å²) in [4.78, 5) is 14.0. The van der Waals surface area contributed by atoms with Gasteiger partial charge in [-0.1, -0.05) is 18.2 Å². The van der Waals surface area contributed by atoms with Crippen molar-refractivity contribution < 1.29 is 9.53 Å². The lowest BCUT2D eigenvalue weighted by Crippen LogP contribution is -2.40. The van der Waals surface area contributed by atoms with E-state index in [1.165, 1.54) is 0 Å². The number of carbonyl (C=O) groups is 1. The van der Waals surface area contributed by atoms with E-state index in [4.69, 9.17) is 10.5 Å². The molecule has 1 heterocycles. The molecular formula is C14H21N3O2. The quantitative estimate of drug-likeness (QED) is 0.831. The molecule has 1 amide bonds. The van der Waals surface area contributed by atoms with E-state index in [0.717, 1.165) is 38.2 Å². The molecule has 1 aromatic rings. The summed E-state index contributed by atoms with van der Waals surface area (Å²) in [6.07, 6.45) is 1.01. The van der Waals surface area contributed by atoms with Gasteiger partial charge in [0, 0.05) is 25.2 Å². The second-order valence-corrected chi connectivity index (χ2v) is 4.69. The molecule has 1 unspecified atom stereocenters. The Morgan fingerprint density at radius 3 is 2.89 bits per heavy atom. The molecule has 1 aliphatic rings. The first-order chi connectivity index (χ1) is 9.24. The van der Waals surface area contributed by atoms with Gasteiger partial charge < -0.3 is 15.8 Å². The molecular weight excluding hydrogens is 242 g/mol. The first kappa shape index (κ1) is 13.8. The highest BCUT2D eigenvalue weighted by Gasteiger charge is 2.28. The van der Waals surface area contributed by atoms with E-state index < -0.39 is 6.04 Å². The third-order valence-electron chi connectivity index (χ3n) is 3.44. The maximum absolute atomic E-state index is 11.9. The Labute approximate surface area is 113 Å². The van der Waals surface area contributed by atoms with Crippen molar-refractivity contribution in [2.75, 3.05) is 33.3 Å². The molecule has 2 rings (SSSR count). The van der Waals surface area contributed by atoms with Gasteiger partial charge in [-0.15, -0.1) is 0 Å². The van der Waals surface area contributed by atoms with E-state index in [0.29, 0.717) is 5.75 Å². The van der Waals surface area contributed by atoms with Gasteiger partial charge in [-0.3, -0.25) is 9.69 Å². The zero-order chi connectivity index (χ0) is 13.7. The van der Waals surface area contributed by atoms with E-state index in [1.54, 1.807) is 7.11 Å². The van der Waals surface area contributed by atoms with Gasteiger partial charge in [-0.25, -0.2) is 0 Å². The van der Waals surface area contributed by atoms with Crippen LogP contribution >= 0.6 is 0 Å². The number of nitrogens with one attached hydrogen (secondary N) is 1. The number of primary amides is 1. The van der Waals surface area contributed by atoms with Crippen molar-refractivity contribution in [2.45, 2.75) is 12.5 Å². The number of ether oxygens (including phenoxy) is 1. The van der Waals surface area contributed by atoms with Gasteiger partial charge in [-0.2, -0.15) is 0 Å². The van der Waals surface area contributed by atoms with Crippen molar-refractivity contribution in [1.82, 2.24) is 10.2 Å². The third-order valence-corrected chi connectivity index (χ3v) is 3.44. The standard InChI is InChI=1S/C14H21N3O2/c1-19-12-6-3-2-5-11(12)13(14(15)18)17-9-4-7-16-8-10-17/h2-3,5-6,13,16H,4,7-10H2,1H3,(H2,15,18). The molecule has 0 spiro atoms. The van der Waals surface area contributed by atoms with Gasteiger partial charge in [0.2, 0.25) is 5.91 Å². The van der Waals surface area contributed by atoms with E-state index in [9.17, 15) is 4.79 Å². The van der Waals surface area contributed by atoms with Gasteiger partial charge in [0.05, 0.1) is 7.11 Å². The molecule has 19 heavy (non-hydrogen) atoms. The number of hydrogen-bond donors (Lipinski definition) is 2. The Morgan fingerprint density at radius 1 is 1.37 bits per heavy atom. The van der Waals surface area contributed by atoms with Crippen molar-refractivity contribution in [3.8, 4) is 5.75 Å². The van der Waals surface area contributed by atoms with Crippen LogP contribution in [0.1, 0.15) is 18.0 Å². The number of para-hydroxylation sites is 1. The average Bonchev–Trinajstić information content (AvgIpc) is 2.68. The zero-order valence-electron chi connectivity index (χ0n) is 11.3. The Morgan fingerprint density at radius 2 is 2.16 bits per heavy atom. The summed E-state index contributed by atoms with van der Waals surface area (Å²) in [5, 5.41) is 3.33. The van der Waals surface area contributed by atoms with Crippen LogP contribution in [0.5, 0.6) is 5.75 Å². The van der Waals surface area contributed by atoms with E-state index in [1.807, 2.05) is 24.3 Å². The van der Waals surface area contributed by atoms with E-state index in [2.05, 4.69) is 10.2 Å². The second kappa shape index (κ2) is 6.54. The SMILES string of the molecule is COc1ccccc1C(C(N)=O)N1CCCNCC1. The van der Waals surface area contributed by atoms with Crippen LogP contribution in [0.25, 0.3) is 0 Å². The summed E-state index contributed by atoms with van der Waals surface area (Å²) in [7, 11) is 1.61. The summed E-state index contributed by atoms with van der Waals surface area (Å²) >= 11 is 0. The van der Waals surface area contributed by atoms with Gasteiger partial charge in [0.25, 0.3) is 0 Å². The minimum Gasteiger partial charge on any atom is -0.496 e. The summed E-state index contributed by atoms with van der Waals surface area (Å²) in [5.74, 6) is 0.384. The number of methoxy groups -OCH3 is 1. The predicted octanol–water partition coefficient (Wildman–Crippen LogP) is 0.517. The average molecular weight is 263 g/mol. The smallest absolute Gasteiger partial charge is 0.239 e. The maximum atomic E-state index is 11.9. The summed E-state index contributed by atoms with van der Waals surface area (Å²) in [5.41, 5.74) is 6.46. The fourth-order valence-electron chi connectivity index (χ4n) is 2.55. The van der Waals surface area contributed by atoms with Gasteiger partial charge in [0.15, 0.2) is 0 Å². The predicted molar refractivity (Wildman–Crippen MR) is 74.0 cm³/mol. The number of rotatable bonds is 4. The molecule has 104 valence electrons. The fraction of sp³-hybridized carbons (Fsp3) is 0.500. The lowest BCUT2D eigenvalue weighted by atomic mass is 10.0. The highest BCUT2D eigenvalue weighted by atomic mass is 16.5. The summed E-state index contributed by atoms with van der Waals surface area (Å²) in [6.45, 7) is 3.52. The van der Waals surface area contributed by atoms with Crippen LogP contribution in [-0.2, 0) is 4.79 Å². The molecule has 0 aromatic heterocycles. The highest BCUT2D eigenvalue weighted by molar-refractivity contribution is 5.82. The van der Waals surface area contributed by atoms with E-state index >= 15 is 0 Å². The summed E-state index contributed by atoms with van der Waals surface area (Å²) in [6, 6.07) is 7.15. The third kappa shape index (κ3) is 3.24. The highest BCUT2D eigenvalue weighted by Crippen LogP contribution is 2.29. The molecule has 0 radical (unpaired) electrons. The normalized spacial score (nSPS) is 18.6. The number of hydrogen-bond acceptors (Lipinski definition) is 4. The number of nitrogens with zero attached hydrogens (tertiary/aromatic N) is 1. The Kier molecular flexibility index (Phi) is 4.76. The van der Waals surface area contributed by atoms with Gasteiger partial charge in [0.1, 0.15) is 11.8 Å². The number of benzene rings is 1. The van der Waals surface area contributed by atoms with Crippen LogP contribution in [0.4, 0.5) is 0 Å². The lowest BCUT2D eigenvalue weighted by Gasteiger charge is -2.29. The van der Waals surface area contributed by atoms with Crippen molar-refractivity contribution in [1.29, 1.82) is 0 Å². The largest absolute Gasteiger partial charge is 0.496 e. The van der Waals surface area contributed by atoms with Crippen molar-refractivity contribution in [3.63, 3.8) is 0 Å². The van der Waals surface area contributed by atoms with Crippen LogP contribution in [0, 0.1) is 0 Å². The molecule has 5 nitrogen and oxygen atoms in total. The molecule has 1 fully saturated rings. The van der Waals surface area contributed by atoms with Crippen LogP contribution in [0.15, 0.2) is 24.3 Å². The fourth-order valence-corrected chi connectivity index (χ4v) is 2.55. The minimum atomic E-state index is -0.420. The van der Waals surface area contributed by atoms with Crippen LogP contribution in [-0.4, -0.2) is 44.1 Å². The van der Waals surface area contributed by atoms with E-state index in [-0.39, 0.29) is 5.91 Å². The minimum absolute atomic E-state index is 0.327. The van der Waals surface area contributed by atoms with Crippen molar-refractivity contribution in [2.24, 2.45) is 5.73 Å². The molecule has 1 aromatic carbocycles. The second-order valence-electron chi connectivity index (χ2n) is 4.69. The first-order valence-corrected chi connectivity index (χ1v) is 6.61. The summed E-state index contributed by atoms with van der Waals surface area (Å²) < 4.78 is 5.35. The Hall–Kier alpha value is -1.59. The molecule has 1 saturated heterocycles. The molecule has 1 atom stereocenters. The zero-order valence-corrected chi connectivity index (χ0v) is 11.3. The Balaban J connectivity index is 2.30. The van der Waals surface area contributed by atoms with Gasteiger partial charge in [-0.05, 0) is 19.0 Å². The van der Waals surface area contributed by atoms with Crippen LogP contribution in [0.2, 0.25) is 0 Å². The first-order valence-electron chi connectivity index (χ1n) is 6.61. The van der Waals surface area contributed by atoms with Crippen LogP contribution < -0.4 is 15.8 Å². The lowest BCUT2D eigenvalue weighted by molar-refractivity contribution is -0.123. The van der Waals surface area contributed by atoms with Crippen molar-refractivity contribution >= 4 is 5.91 Å². The molecule has 5 heteroatoms. The monoisotopic (exact) mass is 263 g/mol. The molecule has 1 aliphatic heterocycles. The molecule has 0 aliphatic carbocycles. The van der Waals surface area contributed by atoms with Crippen molar-refractivity contribution in [3.05, 3.63) is 29.8 Å². The topological polar surface area (TPSA) is 67.6 Å².